The molecule has 0 radical (unpaired) electrons. The van der Waals surface area contributed by atoms with Gasteiger partial charge in [-0.2, -0.15) is 4.31 Å². The Morgan fingerprint density at radius 3 is 2.19 bits per heavy atom. The molecule has 1 amide bonds. The molecule has 0 aromatic heterocycles. The lowest BCUT2D eigenvalue weighted by Crippen LogP contribution is -2.49. The van der Waals surface area contributed by atoms with Crippen LogP contribution >= 0.6 is 27.5 Å². The smallest absolute Gasteiger partial charge is 0.244 e. The standard InChI is InChI=1S/C27H27BrClN3O3S/c1-19(33)32-12-11-22-17-24(28)26(18-25(22)32)36(34,35)31-15-13-30(14-16-31)27(20-5-3-2-4-6-20)21-7-9-23(29)10-8-21/h2-10,17-18,27H,11-16H2,1H3/t27-/m0/s1. The number of hydrogen-bond donors (Lipinski definition) is 0. The SMILES string of the molecule is CC(=O)N1CCc2cc(Br)c(S(=O)(=O)N3CCN([C@@H](c4ccccc4)c4ccc(Cl)cc4)CC3)cc21. The number of rotatable bonds is 5. The molecular weight excluding hydrogens is 562 g/mol. The first kappa shape index (κ1) is 25.4. The van der Waals surface area contributed by atoms with Crippen LogP contribution in [0.4, 0.5) is 5.69 Å². The van der Waals surface area contributed by atoms with E-state index in [-0.39, 0.29) is 16.8 Å². The molecule has 1 atom stereocenters. The topological polar surface area (TPSA) is 60.9 Å². The van der Waals surface area contributed by atoms with Gasteiger partial charge in [-0.3, -0.25) is 9.69 Å². The molecule has 0 bridgehead atoms. The van der Waals surface area contributed by atoms with E-state index in [1.807, 2.05) is 48.5 Å². The Hall–Kier alpha value is -2.23. The number of carbonyl (C=O) groups excluding carboxylic acids is 1. The summed E-state index contributed by atoms with van der Waals surface area (Å²) in [7, 11) is -3.74. The molecule has 3 aromatic rings. The van der Waals surface area contributed by atoms with Gasteiger partial charge in [-0.25, -0.2) is 8.42 Å². The Kier molecular flexibility index (Phi) is 7.25. The largest absolute Gasteiger partial charge is 0.312 e. The van der Waals surface area contributed by atoms with Crippen LogP contribution in [0.1, 0.15) is 29.7 Å². The van der Waals surface area contributed by atoms with Crippen LogP contribution in [0.2, 0.25) is 5.02 Å². The number of hydrogen-bond acceptors (Lipinski definition) is 4. The van der Waals surface area contributed by atoms with Gasteiger partial charge in [0.05, 0.1) is 10.9 Å². The van der Waals surface area contributed by atoms with Crippen molar-refractivity contribution in [3.8, 4) is 0 Å². The predicted octanol–water partition coefficient (Wildman–Crippen LogP) is 5.11. The van der Waals surface area contributed by atoms with E-state index in [0.29, 0.717) is 47.9 Å². The molecule has 0 N–H and O–H groups in total. The number of benzene rings is 3. The average molecular weight is 589 g/mol. The minimum atomic E-state index is -3.74. The zero-order valence-corrected chi connectivity index (χ0v) is 23.1. The van der Waals surface area contributed by atoms with Crippen LogP contribution in [0.15, 0.2) is 76.1 Å². The second kappa shape index (κ2) is 10.3. The van der Waals surface area contributed by atoms with Crippen molar-refractivity contribution >= 4 is 49.1 Å². The number of fused-ring (bicyclic) bond motifs is 1. The molecule has 2 aliphatic rings. The summed E-state index contributed by atoms with van der Waals surface area (Å²) in [5.41, 5.74) is 3.94. The van der Waals surface area contributed by atoms with Gasteiger partial charge in [0.1, 0.15) is 0 Å². The first-order valence-electron chi connectivity index (χ1n) is 11.9. The fourth-order valence-electron chi connectivity index (χ4n) is 5.15. The van der Waals surface area contributed by atoms with Crippen molar-refractivity contribution in [2.45, 2.75) is 24.3 Å². The predicted molar refractivity (Wildman–Crippen MR) is 146 cm³/mol. The van der Waals surface area contributed by atoms with Gasteiger partial charge in [0.25, 0.3) is 0 Å². The van der Waals surface area contributed by atoms with E-state index >= 15 is 0 Å². The maximum Gasteiger partial charge on any atom is 0.244 e. The Bertz CT molecular complexity index is 1380. The minimum Gasteiger partial charge on any atom is -0.312 e. The van der Waals surface area contributed by atoms with E-state index in [0.717, 1.165) is 23.1 Å². The Morgan fingerprint density at radius 2 is 1.56 bits per heavy atom. The normalized spacial score (nSPS) is 17.7. The van der Waals surface area contributed by atoms with Crippen molar-refractivity contribution in [1.29, 1.82) is 0 Å². The number of carbonyl (C=O) groups is 1. The second-order valence-corrected chi connectivity index (χ2v) is 12.3. The van der Waals surface area contributed by atoms with E-state index in [1.165, 1.54) is 6.92 Å². The van der Waals surface area contributed by atoms with E-state index in [4.69, 9.17) is 11.6 Å². The highest BCUT2D eigenvalue weighted by atomic mass is 79.9. The number of nitrogens with zero attached hydrogens (tertiary/aromatic N) is 3. The lowest BCUT2D eigenvalue weighted by molar-refractivity contribution is -0.116. The van der Waals surface area contributed by atoms with Crippen molar-refractivity contribution in [2.75, 3.05) is 37.6 Å². The Morgan fingerprint density at radius 1 is 0.917 bits per heavy atom. The van der Waals surface area contributed by atoms with Crippen LogP contribution in [0.25, 0.3) is 0 Å². The quantitative estimate of drug-likeness (QED) is 0.416. The number of amides is 1. The second-order valence-electron chi connectivity index (χ2n) is 9.14. The van der Waals surface area contributed by atoms with Crippen LogP contribution in [0.3, 0.4) is 0 Å². The average Bonchev–Trinajstić information content (AvgIpc) is 3.29. The third kappa shape index (κ3) is 4.85. The van der Waals surface area contributed by atoms with Crippen molar-refractivity contribution < 1.29 is 13.2 Å². The molecule has 9 heteroatoms. The number of halogens is 2. The van der Waals surface area contributed by atoms with Crippen LogP contribution in [0.5, 0.6) is 0 Å². The molecule has 6 nitrogen and oxygen atoms in total. The van der Waals surface area contributed by atoms with Crippen LogP contribution in [-0.4, -0.2) is 56.3 Å². The zero-order chi connectivity index (χ0) is 25.4. The van der Waals surface area contributed by atoms with Crippen molar-refractivity contribution in [1.82, 2.24) is 9.21 Å². The Labute approximate surface area is 225 Å². The highest BCUT2D eigenvalue weighted by Crippen LogP contribution is 2.37. The lowest BCUT2D eigenvalue weighted by Gasteiger charge is -2.39. The Balaban J connectivity index is 1.39. The van der Waals surface area contributed by atoms with Gasteiger partial charge < -0.3 is 4.90 Å². The van der Waals surface area contributed by atoms with Crippen LogP contribution in [0, 0.1) is 0 Å². The molecule has 188 valence electrons. The first-order chi connectivity index (χ1) is 17.3. The van der Waals surface area contributed by atoms with E-state index in [9.17, 15) is 13.2 Å². The summed E-state index contributed by atoms with van der Waals surface area (Å²) in [6, 6.07) is 21.6. The maximum absolute atomic E-state index is 13.7. The summed E-state index contributed by atoms with van der Waals surface area (Å²) in [6.45, 7) is 4.00. The molecule has 1 fully saturated rings. The van der Waals surface area contributed by atoms with Crippen molar-refractivity contribution in [2.24, 2.45) is 0 Å². The lowest BCUT2D eigenvalue weighted by atomic mass is 9.96. The van der Waals surface area contributed by atoms with Crippen LogP contribution in [-0.2, 0) is 21.2 Å². The van der Waals surface area contributed by atoms with Gasteiger partial charge >= 0.3 is 0 Å². The molecule has 1 saturated heterocycles. The zero-order valence-electron chi connectivity index (χ0n) is 19.9. The fourth-order valence-corrected chi connectivity index (χ4v) is 7.77. The molecule has 2 aliphatic heterocycles. The third-order valence-electron chi connectivity index (χ3n) is 6.97. The monoisotopic (exact) mass is 587 g/mol. The number of sulfonamides is 1. The molecule has 0 aliphatic carbocycles. The molecule has 2 heterocycles. The van der Waals surface area contributed by atoms with Gasteiger partial charge in [-0.15, -0.1) is 0 Å². The number of piperazine rings is 1. The molecule has 5 rings (SSSR count). The van der Waals surface area contributed by atoms with Gasteiger partial charge in [0.15, 0.2) is 0 Å². The molecule has 0 unspecified atom stereocenters. The van der Waals surface area contributed by atoms with Crippen molar-refractivity contribution in [3.05, 3.63) is 92.9 Å². The van der Waals surface area contributed by atoms with Crippen molar-refractivity contribution in [3.63, 3.8) is 0 Å². The third-order valence-corrected chi connectivity index (χ3v) is 10.1. The van der Waals surface area contributed by atoms with E-state index in [2.05, 4.69) is 33.0 Å². The van der Waals surface area contributed by atoms with E-state index < -0.39 is 10.0 Å². The molecular formula is C27H27BrClN3O3S. The van der Waals surface area contributed by atoms with Crippen LogP contribution < -0.4 is 4.90 Å². The maximum atomic E-state index is 13.7. The highest BCUT2D eigenvalue weighted by Gasteiger charge is 2.35. The summed E-state index contributed by atoms with van der Waals surface area (Å²) in [5, 5.41) is 0.685. The summed E-state index contributed by atoms with van der Waals surface area (Å²) in [6.07, 6.45) is 0.720. The van der Waals surface area contributed by atoms with E-state index in [1.54, 1.807) is 15.3 Å². The van der Waals surface area contributed by atoms with Gasteiger partial charge in [0, 0.05) is 54.8 Å². The fraction of sp³-hybridized carbons (Fsp3) is 0.296. The first-order valence-corrected chi connectivity index (χ1v) is 14.5. The molecule has 36 heavy (non-hydrogen) atoms. The summed E-state index contributed by atoms with van der Waals surface area (Å²) < 4.78 is 29.5. The summed E-state index contributed by atoms with van der Waals surface area (Å²) >= 11 is 9.62. The van der Waals surface area contributed by atoms with Gasteiger partial charge in [-0.05, 0) is 63.3 Å². The summed E-state index contributed by atoms with van der Waals surface area (Å²) in [5.74, 6) is -0.0813. The molecule has 0 saturated carbocycles. The molecule has 3 aromatic carbocycles. The van der Waals surface area contributed by atoms with Gasteiger partial charge in [-0.1, -0.05) is 54.1 Å². The van der Waals surface area contributed by atoms with Gasteiger partial charge in [0.2, 0.25) is 15.9 Å². The minimum absolute atomic E-state index is 0.00387. The molecule has 0 spiro atoms. The number of anilines is 1. The summed E-state index contributed by atoms with van der Waals surface area (Å²) in [4.78, 5) is 16.2. The highest BCUT2D eigenvalue weighted by molar-refractivity contribution is 9.10.